The Hall–Kier alpha value is -3.18. The quantitative estimate of drug-likeness (QED) is 0.522. The molecular formula is C27H29F3N6O2. The third-order valence-electron chi connectivity index (χ3n) is 8.62. The minimum Gasteiger partial charge on any atom is -0.507 e. The number of nitrogens with one attached hydrogen (secondary N) is 1. The van der Waals surface area contributed by atoms with Crippen LogP contribution in [0.15, 0.2) is 24.4 Å². The number of benzene rings is 1. The number of hydrogen-bond acceptors (Lipinski definition) is 8. The minimum atomic E-state index is -0.900. The van der Waals surface area contributed by atoms with Crippen LogP contribution >= 0.6 is 0 Å². The highest BCUT2D eigenvalue weighted by atomic mass is 19.1. The highest BCUT2D eigenvalue weighted by Gasteiger charge is 2.49. The molecule has 4 aliphatic rings. The Kier molecular flexibility index (Phi) is 5.63. The summed E-state index contributed by atoms with van der Waals surface area (Å²) in [5, 5.41) is 14.2. The smallest absolute Gasteiger partial charge is 0.319 e. The number of aromatic nitrogens is 3. The Labute approximate surface area is 217 Å². The second kappa shape index (κ2) is 8.94. The van der Waals surface area contributed by atoms with Crippen molar-refractivity contribution < 1.29 is 23.0 Å². The highest BCUT2D eigenvalue weighted by Crippen LogP contribution is 2.41. The van der Waals surface area contributed by atoms with Gasteiger partial charge in [-0.2, -0.15) is 9.97 Å². The SMILES string of the molecule is Oc1cccc(F)c1-c1ncc2c(N3C[C@H]4CC[C@@H](C3)N4)nc(OCC34CCCN3CC(F)C4)nc2c1F. The van der Waals surface area contributed by atoms with E-state index >= 15 is 4.39 Å². The molecule has 1 aromatic carbocycles. The third kappa shape index (κ3) is 3.86. The summed E-state index contributed by atoms with van der Waals surface area (Å²) in [5.74, 6) is -1.56. The number of rotatable bonds is 5. The summed E-state index contributed by atoms with van der Waals surface area (Å²) in [6, 6.07) is 4.38. The Morgan fingerprint density at radius 1 is 1.13 bits per heavy atom. The minimum absolute atomic E-state index is 0.00396. The fraction of sp³-hybridized carbons (Fsp3) is 0.519. The van der Waals surface area contributed by atoms with Gasteiger partial charge in [-0.05, 0) is 44.4 Å². The van der Waals surface area contributed by atoms with E-state index in [0.29, 0.717) is 49.3 Å². The summed E-state index contributed by atoms with van der Waals surface area (Å²) >= 11 is 0. The number of nitrogens with zero attached hydrogens (tertiary/aromatic N) is 5. The van der Waals surface area contributed by atoms with Gasteiger partial charge >= 0.3 is 6.01 Å². The first kappa shape index (κ1) is 23.9. The van der Waals surface area contributed by atoms with Crippen LogP contribution in [0.5, 0.6) is 11.8 Å². The molecule has 38 heavy (non-hydrogen) atoms. The van der Waals surface area contributed by atoms with Gasteiger partial charge in [0.15, 0.2) is 5.82 Å². The topological polar surface area (TPSA) is 86.6 Å². The van der Waals surface area contributed by atoms with Gasteiger partial charge in [-0.3, -0.25) is 9.88 Å². The Balaban J connectivity index is 1.32. The van der Waals surface area contributed by atoms with Crippen molar-refractivity contribution in [1.82, 2.24) is 25.2 Å². The van der Waals surface area contributed by atoms with Gasteiger partial charge < -0.3 is 20.1 Å². The normalized spacial score (nSPS) is 28.8. The molecule has 4 fully saturated rings. The molecule has 6 heterocycles. The number of hydrogen-bond donors (Lipinski definition) is 2. The monoisotopic (exact) mass is 526 g/mol. The zero-order chi connectivity index (χ0) is 26.0. The van der Waals surface area contributed by atoms with Gasteiger partial charge in [0.25, 0.3) is 0 Å². The standard InChI is InChI=1S/C27H29F3N6O2/c28-15-9-27(7-2-8-36(27)11-15)14-38-26-33-23-18(25(34-26)35-12-16-5-6-17(13-35)32-16)10-31-24(22(23)30)21-19(29)3-1-4-20(21)37/h1,3-4,10,15-17,32,37H,2,5-9,11-14H2/t15?,16-,17+,27?. The molecule has 4 atom stereocenters. The first-order valence-corrected chi connectivity index (χ1v) is 13.3. The maximum absolute atomic E-state index is 16.0. The average molecular weight is 527 g/mol. The average Bonchev–Trinajstić information content (AvgIpc) is 3.54. The molecule has 4 saturated heterocycles. The number of phenols is 1. The molecule has 200 valence electrons. The Morgan fingerprint density at radius 2 is 1.95 bits per heavy atom. The molecular weight excluding hydrogens is 497 g/mol. The molecule has 8 nitrogen and oxygen atoms in total. The summed E-state index contributed by atoms with van der Waals surface area (Å²) < 4.78 is 51.1. The van der Waals surface area contributed by atoms with Gasteiger partial charge in [-0.15, -0.1) is 0 Å². The number of halogens is 3. The summed E-state index contributed by atoms with van der Waals surface area (Å²) in [7, 11) is 0. The van der Waals surface area contributed by atoms with Crippen molar-refractivity contribution in [3.05, 3.63) is 36.0 Å². The van der Waals surface area contributed by atoms with Crippen molar-refractivity contribution in [3.8, 4) is 23.0 Å². The van der Waals surface area contributed by atoms with E-state index in [2.05, 4.69) is 25.1 Å². The van der Waals surface area contributed by atoms with Crippen LogP contribution in [-0.4, -0.2) is 81.5 Å². The second-order valence-electron chi connectivity index (χ2n) is 11.1. The van der Waals surface area contributed by atoms with Crippen molar-refractivity contribution in [1.29, 1.82) is 0 Å². The predicted octanol–water partition coefficient (Wildman–Crippen LogP) is 3.57. The lowest BCUT2D eigenvalue weighted by atomic mass is 9.95. The van der Waals surface area contributed by atoms with Crippen LogP contribution in [0, 0.1) is 11.6 Å². The molecule has 2 aromatic heterocycles. The molecule has 2 unspecified atom stereocenters. The van der Waals surface area contributed by atoms with Crippen molar-refractivity contribution in [2.45, 2.75) is 55.9 Å². The lowest BCUT2D eigenvalue weighted by molar-refractivity contribution is 0.107. The van der Waals surface area contributed by atoms with E-state index in [1.165, 1.54) is 18.3 Å². The van der Waals surface area contributed by atoms with Crippen molar-refractivity contribution in [2.75, 3.05) is 37.7 Å². The molecule has 3 aromatic rings. The predicted molar refractivity (Wildman–Crippen MR) is 135 cm³/mol. The zero-order valence-electron chi connectivity index (χ0n) is 20.8. The fourth-order valence-corrected chi connectivity index (χ4v) is 6.87. The molecule has 2 bridgehead atoms. The van der Waals surface area contributed by atoms with E-state index in [1.54, 1.807) is 0 Å². The molecule has 4 aliphatic heterocycles. The number of anilines is 1. The van der Waals surface area contributed by atoms with Crippen molar-refractivity contribution >= 4 is 16.7 Å². The molecule has 0 radical (unpaired) electrons. The summed E-state index contributed by atoms with van der Waals surface area (Å²) in [6.07, 6.45) is 4.83. The van der Waals surface area contributed by atoms with Crippen LogP contribution in [0.3, 0.4) is 0 Å². The van der Waals surface area contributed by atoms with Gasteiger partial charge in [0.2, 0.25) is 0 Å². The lowest BCUT2D eigenvalue weighted by Gasteiger charge is -2.34. The van der Waals surface area contributed by atoms with Crippen LogP contribution in [0.1, 0.15) is 32.1 Å². The largest absolute Gasteiger partial charge is 0.507 e. The van der Waals surface area contributed by atoms with Gasteiger partial charge in [0, 0.05) is 44.3 Å². The van der Waals surface area contributed by atoms with E-state index in [9.17, 15) is 13.9 Å². The van der Waals surface area contributed by atoms with Crippen molar-refractivity contribution in [2.24, 2.45) is 0 Å². The van der Waals surface area contributed by atoms with E-state index in [1.807, 2.05) is 0 Å². The van der Waals surface area contributed by atoms with E-state index in [0.717, 1.165) is 38.3 Å². The lowest BCUT2D eigenvalue weighted by Crippen LogP contribution is -2.51. The van der Waals surface area contributed by atoms with Crippen LogP contribution in [0.25, 0.3) is 22.2 Å². The number of pyridine rings is 1. The summed E-state index contributed by atoms with van der Waals surface area (Å²) in [6.45, 7) is 2.82. The Bertz CT molecular complexity index is 1380. The molecule has 0 amide bonds. The van der Waals surface area contributed by atoms with Gasteiger partial charge in [-0.1, -0.05) is 6.07 Å². The number of piperazine rings is 1. The van der Waals surface area contributed by atoms with E-state index in [4.69, 9.17) is 9.72 Å². The van der Waals surface area contributed by atoms with Gasteiger partial charge in [0.1, 0.15) is 41.4 Å². The van der Waals surface area contributed by atoms with Crippen LogP contribution in [0.4, 0.5) is 19.0 Å². The van der Waals surface area contributed by atoms with Gasteiger partial charge in [0.05, 0.1) is 16.5 Å². The number of ether oxygens (including phenoxy) is 1. The first-order chi connectivity index (χ1) is 18.4. The van der Waals surface area contributed by atoms with Crippen LogP contribution in [-0.2, 0) is 0 Å². The molecule has 0 saturated carbocycles. The summed E-state index contributed by atoms with van der Waals surface area (Å²) in [4.78, 5) is 17.6. The maximum atomic E-state index is 16.0. The molecule has 11 heteroatoms. The van der Waals surface area contributed by atoms with Gasteiger partial charge in [-0.25, -0.2) is 13.2 Å². The maximum Gasteiger partial charge on any atom is 0.319 e. The molecule has 2 N–H and O–H groups in total. The number of fused-ring (bicyclic) bond motifs is 4. The highest BCUT2D eigenvalue weighted by molar-refractivity contribution is 5.92. The summed E-state index contributed by atoms with van der Waals surface area (Å²) in [5.41, 5.74) is -1.12. The number of alkyl halides is 1. The Morgan fingerprint density at radius 3 is 2.74 bits per heavy atom. The second-order valence-corrected chi connectivity index (χ2v) is 11.1. The number of phenolic OH excluding ortho intramolecular Hbond substituents is 1. The number of aromatic hydroxyl groups is 1. The molecule has 0 aliphatic carbocycles. The van der Waals surface area contributed by atoms with E-state index < -0.39 is 29.1 Å². The molecule has 0 spiro atoms. The first-order valence-electron chi connectivity index (χ1n) is 13.3. The van der Waals surface area contributed by atoms with Crippen LogP contribution in [0.2, 0.25) is 0 Å². The third-order valence-corrected chi connectivity index (χ3v) is 8.62. The van der Waals surface area contributed by atoms with Crippen molar-refractivity contribution in [3.63, 3.8) is 0 Å². The van der Waals surface area contributed by atoms with E-state index in [-0.39, 0.29) is 29.4 Å². The zero-order valence-corrected chi connectivity index (χ0v) is 20.8. The fourth-order valence-electron chi connectivity index (χ4n) is 6.87. The van der Waals surface area contributed by atoms with Crippen LogP contribution < -0.4 is 15.0 Å². The molecule has 7 rings (SSSR count).